The van der Waals surface area contributed by atoms with Gasteiger partial charge in [-0.1, -0.05) is 33.7 Å². The third kappa shape index (κ3) is 179. The fraction of sp³-hybridized carbons (Fsp3) is 1.00. The van der Waals surface area contributed by atoms with Crippen LogP contribution in [0.15, 0.2) is 0 Å². The first-order valence-corrected chi connectivity index (χ1v) is 5.91. The summed E-state index contributed by atoms with van der Waals surface area (Å²) in [6.07, 6.45) is 0. The van der Waals surface area contributed by atoms with Crippen molar-refractivity contribution in [3.05, 3.63) is 0 Å². The molecule has 0 atom stereocenters. The molecule has 0 heterocycles. The maximum absolute atomic E-state index is 4.87. The average molecular weight is 196 g/mol. The lowest BCUT2D eigenvalue weighted by Crippen LogP contribution is -1.99. The van der Waals surface area contributed by atoms with Crippen molar-refractivity contribution in [3.63, 3.8) is 0 Å². The Labute approximate surface area is 66.0 Å². The predicted molar refractivity (Wildman–Crippen MR) is 44.1 cm³/mol. The molecule has 0 amide bonds. The molecule has 0 aromatic heterocycles. The molecule has 0 N–H and O–H groups in total. The van der Waals surface area contributed by atoms with Crippen molar-refractivity contribution < 1.29 is 0 Å². The monoisotopic (exact) mass is 195 g/mol. The molecule has 52 valence electrons. The normalized spacial score (nSPS) is 9.00. The lowest BCUT2D eigenvalue weighted by Gasteiger charge is -1.90. The van der Waals surface area contributed by atoms with Crippen LogP contribution in [0, 0.1) is 0 Å². The molecule has 0 saturated carbocycles. The smallest absolute Gasteiger partial charge is 0.179 e. The van der Waals surface area contributed by atoms with E-state index in [9.17, 15) is 0 Å². The van der Waals surface area contributed by atoms with Gasteiger partial charge in [0, 0.05) is 0 Å². The Morgan fingerprint density at radius 1 is 1.00 bits per heavy atom. The van der Waals surface area contributed by atoms with Gasteiger partial charge in [0.15, 0.2) is 5.98 Å². The van der Waals surface area contributed by atoms with Gasteiger partial charge in [-0.25, -0.2) is 0 Å². The fourth-order valence-corrected chi connectivity index (χ4v) is 0. The third-order valence-corrected chi connectivity index (χ3v) is 0. The van der Waals surface area contributed by atoms with Crippen LogP contribution in [0.4, 0.5) is 0 Å². The average Bonchev–Trinajstić information content (AvgIpc) is 1.25. The Kier molecular flexibility index (Phi) is 12.4. The van der Waals surface area contributed by atoms with E-state index >= 15 is 0 Å². The zero-order valence-corrected chi connectivity index (χ0v) is 8.19. The number of rotatable bonds is 0. The minimum absolute atomic E-state index is 1.20. The third-order valence-electron chi connectivity index (χ3n) is 0. The van der Waals surface area contributed by atoms with Crippen molar-refractivity contribution in [1.29, 1.82) is 0 Å². The van der Waals surface area contributed by atoms with Gasteiger partial charge >= 0.3 is 0 Å². The maximum atomic E-state index is 4.87. The Morgan fingerprint density at radius 3 is 1.00 bits per heavy atom. The summed E-state index contributed by atoms with van der Waals surface area (Å²) in [6, 6.07) is 0. The molecule has 0 aliphatic rings. The number of halogens is 3. The van der Waals surface area contributed by atoms with Crippen LogP contribution in [-0.4, -0.2) is 26.0 Å². The lowest BCUT2D eigenvalue weighted by atomic mass is 11.0. The van der Waals surface area contributed by atoms with Crippen LogP contribution in [0.5, 0.6) is 0 Å². The highest BCUT2D eigenvalue weighted by molar-refractivity contribution is 8.20. The van der Waals surface area contributed by atoms with E-state index < -0.39 is 5.98 Å². The molecular weight excluding hydrogens is 187 g/mol. The van der Waals surface area contributed by atoms with Gasteiger partial charge in [-0.3, -0.25) is 0 Å². The van der Waals surface area contributed by atoms with Crippen molar-refractivity contribution in [2.24, 2.45) is 0 Å². The van der Waals surface area contributed by atoms with Crippen LogP contribution in [-0.2, 0) is 0 Å². The Balaban J connectivity index is 0. The van der Waals surface area contributed by atoms with Gasteiger partial charge in [0.2, 0.25) is 0 Å². The van der Waals surface area contributed by atoms with Crippen LogP contribution in [0.1, 0.15) is 0 Å². The largest absolute Gasteiger partial charge is 0.312 e. The molecule has 0 saturated heterocycles. The second-order valence-electron chi connectivity index (χ2n) is 1.53. The van der Waals surface area contributed by atoms with Crippen molar-refractivity contribution in [2.45, 2.75) is 0 Å². The minimum Gasteiger partial charge on any atom is -0.312 e. The molecule has 0 aromatic rings. The summed E-state index contributed by atoms with van der Waals surface area (Å²) in [5, 5.41) is 0. The van der Waals surface area contributed by atoms with E-state index in [0.717, 1.165) is 0 Å². The summed E-state index contributed by atoms with van der Waals surface area (Å²) in [7, 11) is 6.00. The Hall–Kier alpha value is 1.26. The highest BCUT2D eigenvalue weighted by Crippen LogP contribution is 2.51. The SMILES string of the molecule is CN(C)C.ClP(Cl)Cl. The van der Waals surface area contributed by atoms with Crippen LogP contribution in [0.2, 0.25) is 0 Å². The number of hydrogen-bond acceptors (Lipinski definition) is 1. The van der Waals surface area contributed by atoms with Gasteiger partial charge in [-0.2, -0.15) is 0 Å². The molecular formula is C3H9Cl3NP. The quantitative estimate of drug-likeness (QED) is 0.538. The van der Waals surface area contributed by atoms with Gasteiger partial charge in [0.1, 0.15) is 0 Å². The van der Waals surface area contributed by atoms with Crippen LogP contribution < -0.4 is 0 Å². The van der Waals surface area contributed by atoms with Crippen molar-refractivity contribution >= 4 is 39.7 Å². The fourth-order valence-electron chi connectivity index (χ4n) is 0. The van der Waals surface area contributed by atoms with Crippen LogP contribution in [0.25, 0.3) is 0 Å². The predicted octanol–water partition coefficient (Wildman–Crippen LogP) is 3.11. The molecule has 8 heavy (non-hydrogen) atoms. The first-order chi connectivity index (χ1) is 3.46. The van der Waals surface area contributed by atoms with E-state index in [-0.39, 0.29) is 0 Å². The van der Waals surface area contributed by atoms with Crippen molar-refractivity contribution in [1.82, 2.24) is 4.90 Å². The Bertz CT molecular complexity index is 30.0. The van der Waals surface area contributed by atoms with Crippen molar-refractivity contribution in [2.75, 3.05) is 21.1 Å². The zero-order valence-electron chi connectivity index (χ0n) is 5.03. The molecule has 0 rings (SSSR count). The second-order valence-corrected chi connectivity index (χ2v) is 6.52. The van der Waals surface area contributed by atoms with E-state index in [0.29, 0.717) is 0 Å². The summed E-state index contributed by atoms with van der Waals surface area (Å²) < 4.78 is 0. The molecule has 5 heteroatoms. The molecule has 0 unspecified atom stereocenters. The lowest BCUT2D eigenvalue weighted by molar-refractivity contribution is 0.505. The van der Waals surface area contributed by atoms with Gasteiger partial charge in [0.25, 0.3) is 0 Å². The topological polar surface area (TPSA) is 3.24 Å². The van der Waals surface area contributed by atoms with Crippen LogP contribution >= 0.6 is 39.7 Å². The Morgan fingerprint density at radius 2 is 1.00 bits per heavy atom. The van der Waals surface area contributed by atoms with Gasteiger partial charge in [-0.15, -0.1) is 0 Å². The van der Waals surface area contributed by atoms with E-state index in [1.807, 2.05) is 26.0 Å². The first kappa shape index (κ1) is 12.0. The second kappa shape index (κ2) is 8.26. The van der Waals surface area contributed by atoms with Crippen LogP contribution in [0.3, 0.4) is 0 Å². The van der Waals surface area contributed by atoms with Gasteiger partial charge in [0.05, 0.1) is 0 Å². The van der Waals surface area contributed by atoms with Gasteiger partial charge in [-0.05, 0) is 21.1 Å². The highest BCUT2D eigenvalue weighted by atomic mass is 36.0. The molecule has 0 aliphatic heterocycles. The van der Waals surface area contributed by atoms with E-state index in [1.54, 1.807) is 0 Å². The minimum atomic E-state index is -1.20. The van der Waals surface area contributed by atoms with E-state index in [1.165, 1.54) is 0 Å². The van der Waals surface area contributed by atoms with Crippen molar-refractivity contribution in [3.8, 4) is 0 Å². The van der Waals surface area contributed by atoms with Gasteiger partial charge < -0.3 is 4.90 Å². The first-order valence-electron chi connectivity index (χ1n) is 1.85. The summed E-state index contributed by atoms with van der Waals surface area (Å²) in [5.41, 5.74) is 0. The molecule has 0 aliphatic carbocycles. The molecule has 0 radical (unpaired) electrons. The molecule has 0 bridgehead atoms. The summed E-state index contributed by atoms with van der Waals surface area (Å²) in [6.45, 7) is 0. The molecule has 0 aromatic carbocycles. The van der Waals surface area contributed by atoms with E-state index in [4.69, 9.17) is 33.7 Å². The van der Waals surface area contributed by atoms with E-state index in [2.05, 4.69) is 0 Å². The summed E-state index contributed by atoms with van der Waals surface area (Å²) >= 11 is 14.6. The standard InChI is InChI=1S/C3H9N.Cl3P/c2*1-4(2)3/h1-3H3;. The highest BCUT2D eigenvalue weighted by Gasteiger charge is 1.80. The molecule has 0 fully saturated rings. The number of nitrogens with zero attached hydrogens (tertiary/aromatic N) is 1. The molecule has 0 spiro atoms. The number of hydrogen-bond donors (Lipinski definition) is 0. The summed E-state index contributed by atoms with van der Waals surface area (Å²) in [5.74, 6) is -1.20. The zero-order chi connectivity index (χ0) is 7.15. The maximum Gasteiger partial charge on any atom is 0.179 e. The summed E-state index contributed by atoms with van der Waals surface area (Å²) in [4.78, 5) is 2.00. The molecule has 1 nitrogen and oxygen atoms in total.